The number of halogens is 1. The number of hydrogen-bond donors (Lipinski definition) is 2. The molecule has 0 radical (unpaired) electrons. The third kappa shape index (κ3) is 5.54. The Balaban J connectivity index is 1.23. The van der Waals surface area contributed by atoms with E-state index in [2.05, 4.69) is 37.3 Å². The fraction of sp³-hybridized carbons (Fsp3) is 0.361. The molecule has 12 heteroatoms. The number of fused-ring (bicyclic) bond motifs is 3. The normalized spacial score (nSPS) is 18.1. The average Bonchev–Trinajstić information content (AvgIpc) is 3.32. The van der Waals surface area contributed by atoms with Crippen molar-refractivity contribution < 1.29 is 9.50 Å². The summed E-state index contributed by atoms with van der Waals surface area (Å²) in [5, 5.41) is 22.9. The molecule has 11 nitrogen and oxygen atoms in total. The Morgan fingerprint density at radius 1 is 0.979 bits per heavy atom. The van der Waals surface area contributed by atoms with Gasteiger partial charge in [-0.3, -0.25) is 9.59 Å². The standard InChI is InChI=1S/C36H39FN8O3/c1-36(2,3)22-13-21-16-39-45(35(48)33(21)28(37)14-22)31-8-6-7-26(27(31)20-46)29-15-30(34(47)43(5)41-29)40-32-12-11-23(17-38-32)44-24-9-10-25(44)19-42(4)18-24/h6-8,11-17,24-25,46H,9-10,18-20H2,1-5H3,(H,38,40)/t24-,25-/m1/s1. The zero-order valence-electron chi connectivity index (χ0n) is 27.7. The summed E-state index contributed by atoms with van der Waals surface area (Å²) >= 11 is 0. The topological polar surface area (TPSA) is 121 Å². The van der Waals surface area contributed by atoms with E-state index >= 15 is 4.39 Å². The SMILES string of the molecule is CN1C[C@H]2CC[C@H](C1)N2c1ccc(Nc2cc(-c3cccc(-n4ncc5cc(C(C)(C)C)cc(F)c5c4=O)c3CO)nn(C)c2=O)nc1. The predicted octanol–water partition coefficient (Wildman–Crippen LogP) is 4.50. The Morgan fingerprint density at radius 2 is 1.73 bits per heavy atom. The monoisotopic (exact) mass is 650 g/mol. The number of anilines is 3. The molecule has 2 fully saturated rings. The highest BCUT2D eigenvalue weighted by atomic mass is 19.1. The van der Waals surface area contributed by atoms with Crippen molar-refractivity contribution in [2.75, 3.05) is 30.4 Å². The molecule has 2 saturated heterocycles. The molecule has 0 spiro atoms. The lowest BCUT2D eigenvalue weighted by atomic mass is 9.86. The van der Waals surface area contributed by atoms with Crippen molar-refractivity contribution in [1.29, 1.82) is 0 Å². The van der Waals surface area contributed by atoms with Crippen LogP contribution in [0.25, 0.3) is 27.7 Å². The van der Waals surface area contributed by atoms with Gasteiger partial charge in [0.1, 0.15) is 17.3 Å². The fourth-order valence-corrected chi connectivity index (χ4v) is 7.13. The van der Waals surface area contributed by atoms with Crippen molar-refractivity contribution >= 4 is 28.0 Å². The van der Waals surface area contributed by atoms with Crippen molar-refractivity contribution in [2.45, 2.75) is 57.7 Å². The summed E-state index contributed by atoms with van der Waals surface area (Å²) in [7, 11) is 3.71. The van der Waals surface area contributed by atoms with E-state index < -0.39 is 18.0 Å². The highest BCUT2D eigenvalue weighted by Gasteiger charge is 2.38. The van der Waals surface area contributed by atoms with E-state index in [4.69, 9.17) is 0 Å². The van der Waals surface area contributed by atoms with E-state index in [9.17, 15) is 14.7 Å². The maximum atomic E-state index is 15.4. The van der Waals surface area contributed by atoms with Crippen LogP contribution in [0.4, 0.5) is 21.6 Å². The van der Waals surface area contributed by atoms with Crippen molar-refractivity contribution in [3.05, 3.63) is 98.6 Å². The van der Waals surface area contributed by atoms with E-state index in [0.29, 0.717) is 40.1 Å². The van der Waals surface area contributed by atoms with Crippen LogP contribution < -0.4 is 21.3 Å². The molecule has 248 valence electrons. The van der Waals surface area contributed by atoms with Gasteiger partial charge in [0, 0.05) is 48.7 Å². The summed E-state index contributed by atoms with van der Waals surface area (Å²) in [6.07, 6.45) is 5.65. The van der Waals surface area contributed by atoms with Crippen LogP contribution in [0.2, 0.25) is 0 Å². The van der Waals surface area contributed by atoms with Gasteiger partial charge in [0.2, 0.25) is 0 Å². The molecule has 5 heterocycles. The number of hydrogen-bond acceptors (Lipinski definition) is 9. The Hall–Kier alpha value is -4.94. The minimum absolute atomic E-state index is 0.0854. The first-order chi connectivity index (χ1) is 22.9. The molecule has 5 aromatic rings. The van der Waals surface area contributed by atoms with E-state index in [1.54, 1.807) is 37.4 Å². The molecule has 0 saturated carbocycles. The molecule has 2 atom stereocenters. The first-order valence-corrected chi connectivity index (χ1v) is 16.2. The molecule has 3 aromatic heterocycles. The number of aliphatic hydroxyl groups excluding tert-OH is 1. The van der Waals surface area contributed by atoms with Crippen LogP contribution in [-0.2, 0) is 19.1 Å². The lowest BCUT2D eigenvalue weighted by molar-refractivity contribution is 0.264. The third-order valence-corrected chi connectivity index (χ3v) is 9.56. The number of nitrogens with zero attached hydrogens (tertiary/aromatic N) is 7. The summed E-state index contributed by atoms with van der Waals surface area (Å²) in [6.45, 7) is 7.52. The Labute approximate surface area is 277 Å². The van der Waals surface area contributed by atoms with Crippen LogP contribution in [0.1, 0.15) is 44.7 Å². The molecule has 2 aromatic carbocycles. The van der Waals surface area contributed by atoms with Gasteiger partial charge >= 0.3 is 0 Å². The van der Waals surface area contributed by atoms with Gasteiger partial charge in [0.05, 0.1) is 41.5 Å². The number of pyridine rings is 1. The second-order valence-electron chi connectivity index (χ2n) is 13.9. The van der Waals surface area contributed by atoms with E-state index in [1.807, 2.05) is 39.1 Å². The molecule has 2 N–H and O–H groups in total. The number of aromatic nitrogens is 5. The lowest BCUT2D eigenvalue weighted by Crippen LogP contribution is -2.52. The molecule has 0 amide bonds. The average molecular weight is 651 g/mol. The summed E-state index contributed by atoms with van der Waals surface area (Å²) in [4.78, 5) is 36.3. The van der Waals surface area contributed by atoms with Crippen molar-refractivity contribution in [3.8, 4) is 16.9 Å². The number of aliphatic hydroxyl groups is 1. The summed E-state index contributed by atoms with van der Waals surface area (Å²) < 4.78 is 17.7. The summed E-state index contributed by atoms with van der Waals surface area (Å²) in [5.74, 6) is -0.123. The number of benzene rings is 2. The Morgan fingerprint density at radius 3 is 2.40 bits per heavy atom. The molecule has 0 aliphatic carbocycles. The second kappa shape index (κ2) is 11.9. The van der Waals surface area contributed by atoms with Gasteiger partial charge < -0.3 is 20.2 Å². The van der Waals surface area contributed by atoms with Gasteiger partial charge in [-0.1, -0.05) is 32.9 Å². The van der Waals surface area contributed by atoms with Gasteiger partial charge in [-0.2, -0.15) is 14.9 Å². The van der Waals surface area contributed by atoms with Crippen LogP contribution in [0.15, 0.2) is 70.5 Å². The molecule has 7 rings (SSSR count). The van der Waals surface area contributed by atoms with Gasteiger partial charge in [0.15, 0.2) is 0 Å². The maximum absolute atomic E-state index is 15.4. The second-order valence-corrected chi connectivity index (χ2v) is 13.9. The van der Waals surface area contributed by atoms with E-state index in [0.717, 1.165) is 29.0 Å². The number of nitrogens with one attached hydrogen (secondary N) is 1. The van der Waals surface area contributed by atoms with Gasteiger partial charge in [0.25, 0.3) is 11.1 Å². The molecule has 2 aliphatic rings. The molecular weight excluding hydrogens is 611 g/mol. The highest BCUT2D eigenvalue weighted by Crippen LogP contribution is 2.35. The van der Waals surface area contributed by atoms with Gasteiger partial charge in [-0.05, 0) is 67.3 Å². The van der Waals surface area contributed by atoms with Gasteiger partial charge in [-0.15, -0.1) is 0 Å². The van der Waals surface area contributed by atoms with Crippen LogP contribution in [0.3, 0.4) is 0 Å². The van der Waals surface area contributed by atoms with Crippen LogP contribution in [-0.4, -0.2) is 66.8 Å². The predicted molar refractivity (Wildman–Crippen MR) is 185 cm³/mol. The number of piperazine rings is 1. The zero-order valence-corrected chi connectivity index (χ0v) is 27.7. The van der Waals surface area contributed by atoms with Crippen molar-refractivity contribution in [1.82, 2.24) is 29.4 Å². The smallest absolute Gasteiger partial charge is 0.290 e. The molecule has 0 unspecified atom stereocenters. The number of rotatable bonds is 6. The largest absolute Gasteiger partial charge is 0.392 e. The molecule has 2 aliphatic heterocycles. The first-order valence-electron chi connectivity index (χ1n) is 16.2. The van der Waals surface area contributed by atoms with Crippen LogP contribution in [0, 0.1) is 5.82 Å². The maximum Gasteiger partial charge on any atom is 0.290 e. The van der Waals surface area contributed by atoms with Crippen molar-refractivity contribution in [3.63, 3.8) is 0 Å². The minimum atomic E-state index is -0.646. The quantitative estimate of drug-likeness (QED) is 0.274. The lowest BCUT2D eigenvalue weighted by Gasteiger charge is -2.41. The molecule has 48 heavy (non-hydrogen) atoms. The van der Waals surface area contributed by atoms with Crippen molar-refractivity contribution in [2.24, 2.45) is 7.05 Å². The number of likely N-dealkylation sites (N-methyl/N-ethyl adjacent to an activating group) is 1. The number of aryl methyl sites for hydroxylation is 1. The Bertz CT molecular complexity index is 2140. The van der Waals surface area contributed by atoms with Gasteiger partial charge in [-0.25, -0.2) is 14.1 Å². The number of likely N-dealkylation sites (tertiary alicyclic amines) is 1. The van der Waals surface area contributed by atoms with Crippen LogP contribution in [0.5, 0.6) is 0 Å². The summed E-state index contributed by atoms with van der Waals surface area (Å²) in [5.41, 5.74) is 2.24. The summed E-state index contributed by atoms with van der Waals surface area (Å²) in [6, 6.07) is 14.7. The minimum Gasteiger partial charge on any atom is -0.392 e. The fourth-order valence-electron chi connectivity index (χ4n) is 7.13. The first kappa shape index (κ1) is 31.6. The third-order valence-electron chi connectivity index (χ3n) is 9.56. The molecular formula is C36H39FN8O3. The highest BCUT2D eigenvalue weighted by molar-refractivity contribution is 5.83. The van der Waals surface area contributed by atoms with Crippen LogP contribution >= 0.6 is 0 Å². The Kier molecular flexibility index (Phi) is 7.87. The molecule has 2 bridgehead atoms. The van der Waals surface area contributed by atoms with E-state index in [1.165, 1.54) is 29.8 Å². The zero-order chi connectivity index (χ0) is 33.9. The van der Waals surface area contributed by atoms with E-state index in [-0.39, 0.29) is 27.7 Å².